The fourth-order valence-electron chi connectivity index (χ4n) is 1.21. The average molecular weight is 236 g/mol. The summed E-state index contributed by atoms with van der Waals surface area (Å²) in [7, 11) is 0. The number of thiazole rings is 1. The predicted octanol–water partition coefficient (Wildman–Crippen LogP) is 1.81. The maximum Gasteiger partial charge on any atom is 0.264 e. The SMILES string of the molecule is O=C(Nc1nccs1)c1c(O)cccc1O. The highest BCUT2D eigenvalue weighted by atomic mass is 32.1. The highest BCUT2D eigenvalue weighted by Crippen LogP contribution is 2.27. The van der Waals surface area contributed by atoms with Gasteiger partial charge in [-0.25, -0.2) is 4.98 Å². The van der Waals surface area contributed by atoms with Gasteiger partial charge < -0.3 is 10.2 Å². The van der Waals surface area contributed by atoms with Crippen molar-refractivity contribution in [1.29, 1.82) is 0 Å². The smallest absolute Gasteiger partial charge is 0.264 e. The first kappa shape index (κ1) is 10.4. The molecule has 0 unspecified atom stereocenters. The van der Waals surface area contributed by atoms with Gasteiger partial charge in [-0.05, 0) is 12.1 Å². The van der Waals surface area contributed by atoms with Gasteiger partial charge in [-0.2, -0.15) is 0 Å². The number of carbonyl (C=O) groups excluding carboxylic acids is 1. The number of phenols is 2. The molecule has 2 rings (SSSR count). The van der Waals surface area contributed by atoms with Crippen LogP contribution in [0.5, 0.6) is 11.5 Å². The number of phenolic OH excluding ortho intramolecular Hbond substituents is 2. The third-order valence-electron chi connectivity index (χ3n) is 1.90. The topological polar surface area (TPSA) is 82.5 Å². The summed E-state index contributed by atoms with van der Waals surface area (Å²) in [5, 5.41) is 23.5. The number of nitrogens with zero attached hydrogens (tertiary/aromatic N) is 1. The largest absolute Gasteiger partial charge is 0.507 e. The van der Waals surface area contributed by atoms with E-state index in [2.05, 4.69) is 10.3 Å². The average Bonchev–Trinajstić information content (AvgIpc) is 2.70. The Morgan fingerprint density at radius 1 is 1.31 bits per heavy atom. The van der Waals surface area contributed by atoms with Gasteiger partial charge in [-0.3, -0.25) is 10.1 Å². The number of rotatable bonds is 2. The number of aromatic hydroxyl groups is 2. The molecule has 6 heteroatoms. The zero-order valence-corrected chi connectivity index (χ0v) is 8.86. The van der Waals surface area contributed by atoms with Crippen LogP contribution in [0.2, 0.25) is 0 Å². The van der Waals surface area contributed by atoms with Gasteiger partial charge in [-0.15, -0.1) is 11.3 Å². The van der Waals surface area contributed by atoms with Crippen LogP contribution in [-0.2, 0) is 0 Å². The third-order valence-corrected chi connectivity index (χ3v) is 2.59. The molecule has 0 fully saturated rings. The molecule has 0 spiro atoms. The highest BCUT2D eigenvalue weighted by molar-refractivity contribution is 7.13. The lowest BCUT2D eigenvalue weighted by Gasteiger charge is -2.05. The second kappa shape index (κ2) is 4.19. The molecule has 0 aliphatic rings. The molecular weight excluding hydrogens is 228 g/mol. The molecule has 0 bridgehead atoms. The fourth-order valence-corrected chi connectivity index (χ4v) is 1.73. The second-order valence-corrected chi connectivity index (χ2v) is 3.86. The van der Waals surface area contributed by atoms with Gasteiger partial charge in [0, 0.05) is 11.6 Å². The lowest BCUT2D eigenvalue weighted by atomic mass is 10.1. The Morgan fingerprint density at radius 3 is 2.56 bits per heavy atom. The van der Waals surface area contributed by atoms with Gasteiger partial charge in [0.2, 0.25) is 0 Å². The molecule has 1 aromatic heterocycles. The van der Waals surface area contributed by atoms with Crippen LogP contribution in [0, 0.1) is 0 Å². The van der Waals surface area contributed by atoms with Crippen LogP contribution in [0.1, 0.15) is 10.4 Å². The first-order valence-corrected chi connectivity index (χ1v) is 5.28. The summed E-state index contributed by atoms with van der Waals surface area (Å²) in [6, 6.07) is 4.11. The minimum Gasteiger partial charge on any atom is -0.507 e. The molecule has 3 N–H and O–H groups in total. The summed E-state index contributed by atoms with van der Waals surface area (Å²) in [6.45, 7) is 0. The van der Waals surface area contributed by atoms with E-state index in [4.69, 9.17) is 0 Å². The molecular formula is C10H8N2O3S. The van der Waals surface area contributed by atoms with Crippen molar-refractivity contribution in [3.63, 3.8) is 0 Å². The van der Waals surface area contributed by atoms with Gasteiger partial charge in [0.15, 0.2) is 5.13 Å². The number of carbonyl (C=O) groups is 1. The van der Waals surface area contributed by atoms with Gasteiger partial charge in [-0.1, -0.05) is 6.07 Å². The van der Waals surface area contributed by atoms with E-state index in [9.17, 15) is 15.0 Å². The lowest BCUT2D eigenvalue weighted by Crippen LogP contribution is -2.12. The van der Waals surface area contributed by atoms with Crippen molar-refractivity contribution in [3.05, 3.63) is 35.3 Å². The zero-order valence-electron chi connectivity index (χ0n) is 8.04. The standard InChI is InChI=1S/C10H8N2O3S/c13-6-2-1-3-7(14)8(6)9(15)12-10-11-4-5-16-10/h1-5,13-14H,(H,11,12,15). The molecule has 82 valence electrons. The Kier molecular flexibility index (Phi) is 2.74. The van der Waals surface area contributed by atoms with E-state index in [0.29, 0.717) is 5.13 Å². The van der Waals surface area contributed by atoms with Crippen LogP contribution in [0.15, 0.2) is 29.8 Å². The first-order valence-electron chi connectivity index (χ1n) is 4.40. The van der Waals surface area contributed by atoms with Crippen molar-refractivity contribution in [1.82, 2.24) is 4.98 Å². The number of amides is 1. The van der Waals surface area contributed by atoms with Crippen LogP contribution in [-0.4, -0.2) is 21.1 Å². The van der Waals surface area contributed by atoms with Crippen LogP contribution < -0.4 is 5.32 Å². The van der Waals surface area contributed by atoms with Crippen molar-refractivity contribution < 1.29 is 15.0 Å². The minimum atomic E-state index is -0.592. The lowest BCUT2D eigenvalue weighted by molar-refractivity contribution is 0.102. The molecule has 1 amide bonds. The van der Waals surface area contributed by atoms with E-state index >= 15 is 0 Å². The molecule has 0 aliphatic carbocycles. The van der Waals surface area contributed by atoms with Crippen molar-refractivity contribution >= 4 is 22.4 Å². The number of hydrogen-bond donors (Lipinski definition) is 3. The predicted molar refractivity (Wildman–Crippen MR) is 59.8 cm³/mol. The normalized spacial score (nSPS) is 10.0. The molecule has 16 heavy (non-hydrogen) atoms. The monoisotopic (exact) mass is 236 g/mol. The molecule has 1 heterocycles. The van der Waals surface area contributed by atoms with E-state index in [-0.39, 0.29) is 17.1 Å². The van der Waals surface area contributed by atoms with E-state index in [1.54, 1.807) is 11.6 Å². The summed E-state index contributed by atoms with van der Waals surface area (Å²) in [5.74, 6) is -1.13. The van der Waals surface area contributed by atoms with Crippen LogP contribution in [0.25, 0.3) is 0 Å². The molecule has 0 saturated carbocycles. The maximum atomic E-state index is 11.7. The van der Waals surface area contributed by atoms with Crippen molar-refractivity contribution in [2.75, 3.05) is 5.32 Å². The molecule has 2 aromatic rings. The Balaban J connectivity index is 2.28. The van der Waals surface area contributed by atoms with E-state index < -0.39 is 5.91 Å². The molecule has 0 radical (unpaired) electrons. The van der Waals surface area contributed by atoms with Crippen LogP contribution >= 0.6 is 11.3 Å². The summed E-state index contributed by atoms with van der Waals surface area (Å²) in [4.78, 5) is 15.6. The molecule has 0 saturated heterocycles. The number of nitrogens with one attached hydrogen (secondary N) is 1. The molecule has 0 atom stereocenters. The highest BCUT2D eigenvalue weighted by Gasteiger charge is 2.16. The number of anilines is 1. The van der Waals surface area contributed by atoms with Crippen molar-refractivity contribution in [2.24, 2.45) is 0 Å². The summed E-state index contributed by atoms with van der Waals surface area (Å²) >= 11 is 1.25. The Bertz CT molecular complexity index is 491. The Hall–Kier alpha value is -2.08. The maximum absolute atomic E-state index is 11.7. The zero-order chi connectivity index (χ0) is 11.5. The minimum absolute atomic E-state index is 0.155. The first-order chi connectivity index (χ1) is 7.68. The van der Waals surface area contributed by atoms with Crippen LogP contribution in [0.3, 0.4) is 0 Å². The Labute approximate surface area is 95.0 Å². The van der Waals surface area contributed by atoms with Crippen molar-refractivity contribution in [3.8, 4) is 11.5 Å². The van der Waals surface area contributed by atoms with E-state index in [1.807, 2.05) is 0 Å². The Morgan fingerprint density at radius 2 is 2.00 bits per heavy atom. The van der Waals surface area contributed by atoms with Gasteiger partial charge >= 0.3 is 0 Å². The van der Waals surface area contributed by atoms with Gasteiger partial charge in [0.05, 0.1) is 0 Å². The quantitative estimate of drug-likeness (QED) is 0.742. The number of benzene rings is 1. The van der Waals surface area contributed by atoms with E-state index in [0.717, 1.165) is 0 Å². The van der Waals surface area contributed by atoms with Gasteiger partial charge in [0.25, 0.3) is 5.91 Å². The summed E-state index contributed by atoms with van der Waals surface area (Å²) < 4.78 is 0. The summed E-state index contributed by atoms with van der Waals surface area (Å²) in [5.41, 5.74) is -0.155. The van der Waals surface area contributed by atoms with Crippen molar-refractivity contribution in [2.45, 2.75) is 0 Å². The third kappa shape index (κ3) is 1.96. The molecule has 0 aliphatic heterocycles. The number of aromatic nitrogens is 1. The van der Waals surface area contributed by atoms with E-state index in [1.165, 1.54) is 29.5 Å². The van der Waals surface area contributed by atoms with Gasteiger partial charge in [0.1, 0.15) is 17.1 Å². The number of hydrogen-bond acceptors (Lipinski definition) is 5. The van der Waals surface area contributed by atoms with Crippen LogP contribution in [0.4, 0.5) is 5.13 Å². The molecule has 1 aromatic carbocycles. The molecule has 5 nitrogen and oxygen atoms in total. The fraction of sp³-hybridized carbons (Fsp3) is 0. The second-order valence-electron chi connectivity index (χ2n) is 2.96. The summed E-state index contributed by atoms with van der Waals surface area (Å²) in [6.07, 6.45) is 1.55.